The number of pyridine rings is 1. The Morgan fingerprint density at radius 2 is 1.95 bits per heavy atom. The first-order valence-corrected chi connectivity index (χ1v) is 7.67. The molecule has 0 bridgehead atoms. The molecule has 110 valence electrons. The van der Waals surface area contributed by atoms with Crippen LogP contribution in [0.3, 0.4) is 0 Å². The topological polar surface area (TPSA) is 25.4 Å². The summed E-state index contributed by atoms with van der Waals surface area (Å²) in [7, 11) is 0. The Hall–Kier alpha value is -1.71. The first kappa shape index (κ1) is 14.2. The molecule has 0 radical (unpaired) electrons. The van der Waals surface area contributed by atoms with Crippen LogP contribution in [-0.2, 0) is 17.6 Å². The molecule has 0 amide bonds. The van der Waals surface area contributed by atoms with E-state index in [1.807, 2.05) is 18.5 Å². The Morgan fingerprint density at radius 1 is 1.10 bits per heavy atom. The van der Waals surface area contributed by atoms with Gasteiger partial charge in [-0.3, -0.25) is 9.88 Å². The number of benzene rings is 1. The largest absolute Gasteiger partial charge is 0.375 e. The summed E-state index contributed by atoms with van der Waals surface area (Å²) in [4.78, 5) is 6.69. The molecular weight excluding hydrogens is 260 g/mol. The predicted molar refractivity (Wildman–Crippen MR) is 84.3 cm³/mol. The monoisotopic (exact) mass is 282 g/mol. The van der Waals surface area contributed by atoms with Crippen molar-refractivity contribution >= 4 is 0 Å². The van der Waals surface area contributed by atoms with E-state index in [-0.39, 0.29) is 0 Å². The second-order valence-electron chi connectivity index (χ2n) is 5.59. The number of morpholine rings is 1. The van der Waals surface area contributed by atoms with Gasteiger partial charge in [-0.2, -0.15) is 0 Å². The van der Waals surface area contributed by atoms with Gasteiger partial charge < -0.3 is 4.74 Å². The second kappa shape index (κ2) is 7.34. The van der Waals surface area contributed by atoms with Crippen molar-refractivity contribution in [2.75, 3.05) is 26.2 Å². The van der Waals surface area contributed by atoms with Gasteiger partial charge in [0, 0.05) is 38.4 Å². The summed E-state index contributed by atoms with van der Waals surface area (Å²) in [6, 6.07) is 14.8. The van der Waals surface area contributed by atoms with Crippen molar-refractivity contribution in [2.45, 2.75) is 18.9 Å². The van der Waals surface area contributed by atoms with Crippen molar-refractivity contribution in [3.63, 3.8) is 0 Å². The summed E-state index contributed by atoms with van der Waals surface area (Å²) < 4.78 is 5.89. The van der Waals surface area contributed by atoms with Gasteiger partial charge in [-0.1, -0.05) is 36.4 Å². The highest BCUT2D eigenvalue weighted by atomic mass is 16.5. The molecule has 0 saturated carbocycles. The quantitative estimate of drug-likeness (QED) is 0.843. The van der Waals surface area contributed by atoms with E-state index in [0.29, 0.717) is 6.10 Å². The van der Waals surface area contributed by atoms with Gasteiger partial charge in [-0.05, 0) is 23.6 Å². The van der Waals surface area contributed by atoms with Gasteiger partial charge in [0.1, 0.15) is 0 Å². The molecule has 2 aromatic rings. The van der Waals surface area contributed by atoms with Crippen molar-refractivity contribution in [1.29, 1.82) is 0 Å². The molecule has 0 aliphatic carbocycles. The molecule has 1 aromatic carbocycles. The molecule has 0 spiro atoms. The molecule has 1 saturated heterocycles. The van der Waals surface area contributed by atoms with Crippen molar-refractivity contribution in [1.82, 2.24) is 9.88 Å². The molecule has 3 nitrogen and oxygen atoms in total. The van der Waals surface area contributed by atoms with Crippen molar-refractivity contribution in [3.8, 4) is 0 Å². The van der Waals surface area contributed by atoms with Crippen molar-refractivity contribution < 1.29 is 4.74 Å². The van der Waals surface area contributed by atoms with Crippen LogP contribution in [-0.4, -0.2) is 42.2 Å². The Bertz CT molecular complexity index is 529. The molecule has 1 unspecified atom stereocenters. The fourth-order valence-electron chi connectivity index (χ4n) is 2.82. The lowest BCUT2D eigenvalue weighted by Crippen LogP contribution is -2.44. The van der Waals surface area contributed by atoms with Crippen LogP contribution in [0.2, 0.25) is 0 Å². The first-order chi connectivity index (χ1) is 10.4. The zero-order valence-electron chi connectivity index (χ0n) is 12.3. The standard InChI is InChI=1S/C18H22N2O/c1-2-5-16(6-3-1)8-10-20-11-12-21-18(15-20)13-17-7-4-9-19-14-17/h1-7,9,14,18H,8,10-13,15H2. The van der Waals surface area contributed by atoms with Gasteiger partial charge in [-0.25, -0.2) is 0 Å². The molecule has 1 fully saturated rings. The van der Waals surface area contributed by atoms with E-state index in [9.17, 15) is 0 Å². The van der Waals surface area contributed by atoms with Crippen LogP contribution in [0.15, 0.2) is 54.9 Å². The number of hydrogen-bond donors (Lipinski definition) is 0. The highest BCUT2D eigenvalue weighted by molar-refractivity contribution is 5.15. The van der Waals surface area contributed by atoms with E-state index in [0.717, 1.165) is 39.1 Å². The summed E-state index contributed by atoms with van der Waals surface area (Å²) in [5.41, 5.74) is 2.67. The highest BCUT2D eigenvalue weighted by Crippen LogP contribution is 2.12. The summed E-state index contributed by atoms with van der Waals surface area (Å²) in [5, 5.41) is 0. The zero-order chi connectivity index (χ0) is 14.3. The zero-order valence-corrected chi connectivity index (χ0v) is 12.3. The minimum absolute atomic E-state index is 0.290. The highest BCUT2D eigenvalue weighted by Gasteiger charge is 2.20. The van der Waals surface area contributed by atoms with Crippen LogP contribution in [0.25, 0.3) is 0 Å². The van der Waals surface area contributed by atoms with Gasteiger partial charge in [0.15, 0.2) is 0 Å². The maximum atomic E-state index is 5.89. The van der Waals surface area contributed by atoms with Crippen LogP contribution in [0.5, 0.6) is 0 Å². The molecule has 1 atom stereocenters. The molecule has 0 N–H and O–H groups in total. The van der Waals surface area contributed by atoms with Gasteiger partial charge in [-0.15, -0.1) is 0 Å². The number of hydrogen-bond acceptors (Lipinski definition) is 3. The Balaban J connectivity index is 1.49. The maximum absolute atomic E-state index is 5.89. The summed E-state index contributed by atoms with van der Waals surface area (Å²) in [5.74, 6) is 0. The van der Waals surface area contributed by atoms with E-state index < -0.39 is 0 Å². The van der Waals surface area contributed by atoms with Crippen LogP contribution in [0.1, 0.15) is 11.1 Å². The van der Waals surface area contributed by atoms with Gasteiger partial charge in [0.05, 0.1) is 12.7 Å². The third-order valence-corrected chi connectivity index (χ3v) is 3.97. The molecule has 21 heavy (non-hydrogen) atoms. The van der Waals surface area contributed by atoms with Crippen LogP contribution in [0, 0.1) is 0 Å². The lowest BCUT2D eigenvalue weighted by molar-refractivity contribution is -0.0271. The lowest BCUT2D eigenvalue weighted by Gasteiger charge is -2.33. The minimum Gasteiger partial charge on any atom is -0.375 e. The SMILES string of the molecule is c1ccc(CCN2CCOC(Cc3cccnc3)C2)cc1. The van der Waals surface area contributed by atoms with Gasteiger partial charge >= 0.3 is 0 Å². The van der Waals surface area contributed by atoms with Gasteiger partial charge in [0.2, 0.25) is 0 Å². The first-order valence-electron chi connectivity index (χ1n) is 7.67. The van der Waals surface area contributed by atoms with E-state index in [4.69, 9.17) is 4.74 Å². The molecular formula is C18H22N2O. The second-order valence-corrected chi connectivity index (χ2v) is 5.59. The Labute approximate surface area is 126 Å². The molecule has 1 aliphatic rings. The molecule has 3 heteroatoms. The Morgan fingerprint density at radius 3 is 2.76 bits per heavy atom. The number of aromatic nitrogens is 1. The summed E-state index contributed by atoms with van der Waals surface area (Å²) in [6.45, 7) is 3.99. The number of nitrogens with zero attached hydrogens (tertiary/aromatic N) is 2. The molecule has 2 heterocycles. The lowest BCUT2D eigenvalue weighted by atomic mass is 10.1. The van der Waals surface area contributed by atoms with Crippen LogP contribution >= 0.6 is 0 Å². The third-order valence-electron chi connectivity index (χ3n) is 3.97. The van der Waals surface area contributed by atoms with Crippen LogP contribution < -0.4 is 0 Å². The van der Waals surface area contributed by atoms with E-state index in [2.05, 4.69) is 46.3 Å². The van der Waals surface area contributed by atoms with E-state index >= 15 is 0 Å². The number of rotatable bonds is 5. The predicted octanol–water partition coefficient (Wildman–Crippen LogP) is 2.57. The van der Waals surface area contributed by atoms with Crippen molar-refractivity contribution in [3.05, 3.63) is 66.0 Å². The fourth-order valence-corrected chi connectivity index (χ4v) is 2.82. The van der Waals surface area contributed by atoms with E-state index in [1.165, 1.54) is 11.1 Å². The van der Waals surface area contributed by atoms with Crippen LogP contribution in [0.4, 0.5) is 0 Å². The average molecular weight is 282 g/mol. The molecule has 3 rings (SSSR count). The normalized spacial score (nSPS) is 19.5. The third kappa shape index (κ3) is 4.38. The summed E-state index contributed by atoms with van der Waals surface area (Å²) in [6.07, 6.45) is 6.11. The van der Waals surface area contributed by atoms with Gasteiger partial charge in [0.25, 0.3) is 0 Å². The minimum atomic E-state index is 0.290. The number of ether oxygens (including phenoxy) is 1. The smallest absolute Gasteiger partial charge is 0.0743 e. The Kier molecular flexibility index (Phi) is 4.98. The van der Waals surface area contributed by atoms with Crippen molar-refractivity contribution in [2.24, 2.45) is 0 Å². The fraction of sp³-hybridized carbons (Fsp3) is 0.389. The molecule has 1 aliphatic heterocycles. The summed E-state index contributed by atoms with van der Waals surface area (Å²) >= 11 is 0. The average Bonchev–Trinajstić information content (AvgIpc) is 2.55. The molecule has 1 aromatic heterocycles. The van der Waals surface area contributed by atoms with E-state index in [1.54, 1.807) is 0 Å². The maximum Gasteiger partial charge on any atom is 0.0743 e.